The average molecular weight is 331 g/mol. The number of aliphatic carboxylic acids is 1. The van der Waals surface area contributed by atoms with E-state index in [1.165, 1.54) is 11.3 Å². The fraction of sp³-hybridized carbons (Fsp3) is 0.500. The van der Waals surface area contributed by atoms with Crippen LogP contribution in [0.1, 0.15) is 31.5 Å². The highest BCUT2D eigenvalue weighted by atomic mass is 32.1. The summed E-state index contributed by atoms with van der Waals surface area (Å²) >= 11 is 6.02. The number of nitrogens with one attached hydrogen (secondary N) is 1. The van der Waals surface area contributed by atoms with Crippen molar-refractivity contribution in [3.05, 3.63) is 16.1 Å². The first-order valence-corrected chi connectivity index (χ1v) is 7.34. The van der Waals surface area contributed by atoms with E-state index in [-0.39, 0.29) is 11.4 Å². The normalized spacial score (nSPS) is 12.5. The fourth-order valence-electron chi connectivity index (χ4n) is 1.34. The maximum atomic E-state index is 11.6. The molecule has 7 nitrogen and oxygen atoms in total. The van der Waals surface area contributed by atoms with Crippen molar-refractivity contribution in [2.24, 2.45) is 5.73 Å². The molecule has 1 heterocycles. The van der Waals surface area contributed by atoms with E-state index >= 15 is 0 Å². The van der Waals surface area contributed by atoms with Gasteiger partial charge in [-0.2, -0.15) is 0 Å². The van der Waals surface area contributed by atoms with E-state index < -0.39 is 23.7 Å². The largest absolute Gasteiger partial charge is 0.480 e. The lowest BCUT2D eigenvalue weighted by Crippen LogP contribution is -2.44. The number of thiazole rings is 1. The molecule has 1 aromatic heterocycles. The quantitative estimate of drug-likeness (QED) is 0.697. The first-order chi connectivity index (χ1) is 9.58. The molecule has 0 saturated heterocycles. The van der Waals surface area contributed by atoms with Crippen molar-refractivity contribution in [3.8, 4) is 0 Å². The molecule has 1 atom stereocenters. The molecular formula is C12H17N3O4S2. The van der Waals surface area contributed by atoms with E-state index in [9.17, 15) is 9.59 Å². The van der Waals surface area contributed by atoms with E-state index in [1.54, 1.807) is 26.2 Å². The zero-order valence-electron chi connectivity index (χ0n) is 11.9. The first kappa shape index (κ1) is 17.3. The molecule has 0 bridgehead atoms. The fourth-order valence-corrected chi connectivity index (χ4v) is 2.36. The van der Waals surface area contributed by atoms with Gasteiger partial charge in [0.05, 0.1) is 5.01 Å². The number of amides is 1. The summed E-state index contributed by atoms with van der Waals surface area (Å²) in [7, 11) is 0. The summed E-state index contributed by atoms with van der Waals surface area (Å²) in [4.78, 5) is 27.1. The van der Waals surface area contributed by atoms with Gasteiger partial charge in [-0.1, -0.05) is 12.2 Å². The number of aromatic nitrogens is 1. The van der Waals surface area contributed by atoms with E-state index in [4.69, 9.17) is 27.8 Å². The van der Waals surface area contributed by atoms with Crippen LogP contribution in [-0.4, -0.2) is 38.8 Å². The Morgan fingerprint density at radius 3 is 2.62 bits per heavy atom. The second kappa shape index (κ2) is 6.81. The van der Waals surface area contributed by atoms with Crippen LogP contribution in [0.2, 0.25) is 0 Å². The lowest BCUT2D eigenvalue weighted by Gasteiger charge is -2.21. The highest BCUT2D eigenvalue weighted by molar-refractivity contribution is 7.80. The van der Waals surface area contributed by atoms with Crippen molar-refractivity contribution >= 4 is 40.6 Å². The molecule has 0 aliphatic carbocycles. The number of hydrogen-bond acceptors (Lipinski definition) is 6. The summed E-state index contributed by atoms with van der Waals surface area (Å²) in [6, 6.07) is -1.13. The van der Waals surface area contributed by atoms with Gasteiger partial charge in [0.25, 0.3) is 0 Å². The number of carboxylic acids is 1. The van der Waals surface area contributed by atoms with Crippen molar-refractivity contribution in [3.63, 3.8) is 0 Å². The predicted molar refractivity (Wildman–Crippen MR) is 82.5 cm³/mol. The van der Waals surface area contributed by atoms with Crippen molar-refractivity contribution in [1.82, 2.24) is 10.3 Å². The number of nitrogens with two attached hydrogens (primary N) is 1. The third-order valence-corrected chi connectivity index (χ3v) is 3.25. The summed E-state index contributed by atoms with van der Waals surface area (Å²) in [6.07, 6.45) is -0.761. The molecule has 116 valence electrons. The van der Waals surface area contributed by atoms with Crippen LogP contribution in [0, 0.1) is 0 Å². The Hall–Kier alpha value is -1.74. The highest BCUT2D eigenvalue weighted by Crippen LogP contribution is 2.13. The van der Waals surface area contributed by atoms with Crippen LogP contribution in [0.15, 0.2) is 5.38 Å². The van der Waals surface area contributed by atoms with Gasteiger partial charge in [-0.25, -0.2) is 14.6 Å². The van der Waals surface area contributed by atoms with Gasteiger partial charge in [-0.05, 0) is 20.8 Å². The van der Waals surface area contributed by atoms with Crippen molar-refractivity contribution < 1.29 is 19.4 Å². The van der Waals surface area contributed by atoms with Gasteiger partial charge in [0.1, 0.15) is 22.3 Å². The zero-order valence-corrected chi connectivity index (χ0v) is 13.5. The third kappa shape index (κ3) is 6.05. The van der Waals surface area contributed by atoms with E-state index in [2.05, 4.69) is 10.3 Å². The second-order valence-corrected chi connectivity index (χ2v) is 6.61. The number of rotatable bonds is 5. The van der Waals surface area contributed by atoms with Gasteiger partial charge in [0, 0.05) is 11.8 Å². The maximum Gasteiger partial charge on any atom is 0.408 e. The molecule has 0 saturated carbocycles. The van der Waals surface area contributed by atoms with Gasteiger partial charge in [-0.3, -0.25) is 0 Å². The molecule has 9 heteroatoms. The molecule has 4 N–H and O–H groups in total. The van der Waals surface area contributed by atoms with Crippen LogP contribution in [0.4, 0.5) is 4.79 Å². The molecule has 0 aliphatic rings. The van der Waals surface area contributed by atoms with Gasteiger partial charge in [0.2, 0.25) is 0 Å². The van der Waals surface area contributed by atoms with Crippen molar-refractivity contribution in [2.75, 3.05) is 0 Å². The molecule has 0 fully saturated rings. The first-order valence-electron chi connectivity index (χ1n) is 6.05. The van der Waals surface area contributed by atoms with Crippen LogP contribution in [0.25, 0.3) is 0 Å². The Morgan fingerprint density at radius 2 is 2.19 bits per heavy atom. The number of carboxylic acid groups (broad SMARTS) is 1. The SMILES string of the molecule is CC(C)(C)OC(=O)N[C@@H](Cc1nc(C(N)=S)cs1)C(=O)O. The van der Waals surface area contributed by atoms with Crippen LogP contribution in [0.5, 0.6) is 0 Å². The molecule has 0 radical (unpaired) electrons. The summed E-state index contributed by atoms with van der Waals surface area (Å²) < 4.78 is 5.03. The minimum atomic E-state index is -1.17. The van der Waals surface area contributed by atoms with Crippen LogP contribution in [-0.2, 0) is 16.0 Å². The summed E-state index contributed by atoms with van der Waals surface area (Å²) in [5.41, 5.74) is 5.17. The number of carbonyl (C=O) groups is 2. The lowest BCUT2D eigenvalue weighted by molar-refractivity contribution is -0.139. The molecule has 0 spiro atoms. The molecule has 0 aliphatic heterocycles. The Morgan fingerprint density at radius 1 is 1.57 bits per heavy atom. The molecule has 0 aromatic carbocycles. The van der Waals surface area contributed by atoms with Gasteiger partial charge >= 0.3 is 12.1 Å². The average Bonchev–Trinajstić information content (AvgIpc) is 2.74. The Bertz CT molecular complexity index is 551. The number of nitrogens with zero attached hydrogens (tertiary/aromatic N) is 1. The van der Waals surface area contributed by atoms with E-state index in [0.29, 0.717) is 10.7 Å². The second-order valence-electron chi connectivity index (χ2n) is 5.23. The van der Waals surface area contributed by atoms with Crippen LogP contribution < -0.4 is 11.1 Å². The number of hydrogen-bond donors (Lipinski definition) is 3. The summed E-state index contributed by atoms with van der Waals surface area (Å²) in [5.74, 6) is -1.17. The molecule has 1 aromatic rings. The molecular weight excluding hydrogens is 314 g/mol. The van der Waals surface area contributed by atoms with Crippen LogP contribution in [0.3, 0.4) is 0 Å². The number of carbonyl (C=O) groups excluding carboxylic acids is 1. The zero-order chi connectivity index (χ0) is 16.2. The molecule has 0 unspecified atom stereocenters. The number of ether oxygens (including phenoxy) is 1. The minimum absolute atomic E-state index is 0.0296. The van der Waals surface area contributed by atoms with Gasteiger partial charge in [-0.15, -0.1) is 11.3 Å². The number of thiocarbonyl (C=S) groups is 1. The van der Waals surface area contributed by atoms with E-state index in [1.807, 2.05) is 0 Å². The molecule has 1 amide bonds. The van der Waals surface area contributed by atoms with Crippen molar-refractivity contribution in [1.29, 1.82) is 0 Å². The van der Waals surface area contributed by atoms with Crippen molar-refractivity contribution in [2.45, 2.75) is 38.8 Å². The van der Waals surface area contributed by atoms with Crippen LogP contribution >= 0.6 is 23.6 Å². The Balaban J connectivity index is 2.71. The predicted octanol–water partition coefficient (Wildman–Crippen LogP) is 1.30. The molecule has 1 rings (SSSR count). The third-order valence-electron chi connectivity index (χ3n) is 2.17. The topological polar surface area (TPSA) is 115 Å². The van der Waals surface area contributed by atoms with E-state index in [0.717, 1.165) is 0 Å². The monoisotopic (exact) mass is 331 g/mol. The Labute approximate surface area is 131 Å². The minimum Gasteiger partial charge on any atom is -0.480 e. The standard InChI is InChI=1S/C12H17N3O4S2/c1-12(2,3)19-11(18)15-6(10(16)17)4-8-14-7(5-21-8)9(13)20/h5-6H,4H2,1-3H3,(H2,13,20)(H,15,18)(H,16,17)/t6-/m0/s1. The highest BCUT2D eigenvalue weighted by Gasteiger charge is 2.25. The Kier molecular flexibility index (Phi) is 5.62. The summed E-state index contributed by atoms with van der Waals surface area (Å²) in [6.45, 7) is 5.08. The summed E-state index contributed by atoms with van der Waals surface area (Å²) in [5, 5.41) is 13.6. The van der Waals surface area contributed by atoms with Gasteiger partial charge < -0.3 is 20.9 Å². The number of alkyl carbamates (subject to hydrolysis) is 1. The maximum absolute atomic E-state index is 11.6. The smallest absolute Gasteiger partial charge is 0.408 e. The van der Waals surface area contributed by atoms with Gasteiger partial charge in [0.15, 0.2) is 0 Å². The molecule has 21 heavy (non-hydrogen) atoms. The lowest BCUT2D eigenvalue weighted by atomic mass is 10.2.